The number of rotatable bonds is 2. The highest BCUT2D eigenvalue weighted by atomic mass is 79.9. The van der Waals surface area contributed by atoms with Crippen molar-refractivity contribution in [2.24, 2.45) is 0 Å². The molecule has 0 radical (unpaired) electrons. The molecule has 1 aromatic carbocycles. The molecule has 2 rings (SSSR count). The van der Waals surface area contributed by atoms with Crippen molar-refractivity contribution in [3.05, 3.63) is 28.2 Å². The number of benzene rings is 1. The van der Waals surface area contributed by atoms with E-state index in [9.17, 15) is 5.11 Å². The van der Waals surface area contributed by atoms with Crippen LogP contribution in [0.4, 0.5) is 0 Å². The van der Waals surface area contributed by atoms with Gasteiger partial charge in [-0.1, -0.05) is 15.9 Å². The van der Waals surface area contributed by atoms with Gasteiger partial charge in [-0.15, -0.1) is 11.8 Å². The zero-order chi connectivity index (χ0) is 11.1. The lowest BCUT2D eigenvalue weighted by Gasteiger charge is -2.21. The highest BCUT2D eigenvalue weighted by molar-refractivity contribution is 9.10. The molecular weight excluding hydrogens is 272 g/mol. The molecule has 1 nitrogen and oxygen atoms in total. The van der Waals surface area contributed by atoms with Crippen molar-refractivity contribution in [2.45, 2.75) is 36.7 Å². The summed E-state index contributed by atoms with van der Waals surface area (Å²) in [5.74, 6) is 1.58. The Labute approximate surface area is 103 Å². The van der Waals surface area contributed by atoms with Crippen LogP contribution in [0.3, 0.4) is 0 Å². The molecule has 0 spiro atoms. The third kappa shape index (κ3) is 2.77. The van der Waals surface area contributed by atoms with E-state index in [2.05, 4.69) is 34.1 Å². The number of halogens is 1. The fourth-order valence-electron chi connectivity index (χ4n) is 2.02. The third-order valence-corrected chi connectivity index (χ3v) is 4.34. The Bertz CT molecular complexity index is 370. The molecule has 3 heteroatoms. The van der Waals surface area contributed by atoms with Gasteiger partial charge in [-0.05, 0) is 49.9 Å². The van der Waals surface area contributed by atoms with Crippen LogP contribution in [0.5, 0.6) is 0 Å². The summed E-state index contributed by atoms with van der Waals surface area (Å²) in [6.07, 6.45) is 0.837. The van der Waals surface area contributed by atoms with Crippen LogP contribution >= 0.6 is 27.7 Å². The summed E-state index contributed by atoms with van der Waals surface area (Å²) in [7, 11) is 0. The van der Waals surface area contributed by atoms with Gasteiger partial charge < -0.3 is 5.11 Å². The highest BCUT2D eigenvalue weighted by Gasteiger charge is 2.28. The van der Waals surface area contributed by atoms with Gasteiger partial charge in [0.2, 0.25) is 0 Å². The molecule has 0 saturated carbocycles. The van der Waals surface area contributed by atoms with E-state index < -0.39 is 5.60 Å². The van der Waals surface area contributed by atoms with Crippen molar-refractivity contribution in [1.82, 2.24) is 0 Å². The standard InChI is InChI=1S/C12H15BrOS/c1-12(2,14)6-8-7-15-11-4-3-9(13)5-10(8)11/h3-5,8,14H,6-7H2,1-2H3. The van der Waals surface area contributed by atoms with Crippen LogP contribution in [0.15, 0.2) is 27.6 Å². The van der Waals surface area contributed by atoms with Crippen molar-refractivity contribution in [2.75, 3.05) is 5.75 Å². The molecule has 1 aromatic rings. The average Bonchev–Trinajstić information content (AvgIpc) is 2.46. The van der Waals surface area contributed by atoms with E-state index in [1.807, 2.05) is 25.6 Å². The maximum Gasteiger partial charge on any atom is 0.0597 e. The molecule has 1 N–H and O–H groups in total. The van der Waals surface area contributed by atoms with E-state index in [0.717, 1.165) is 16.6 Å². The van der Waals surface area contributed by atoms with Crippen molar-refractivity contribution < 1.29 is 5.11 Å². The van der Waals surface area contributed by atoms with Crippen LogP contribution in [0, 0.1) is 0 Å². The average molecular weight is 287 g/mol. The van der Waals surface area contributed by atoms with Crippen molar-refractivity contribution >= 4 is 27.7 Å². The van der Waals surface area contributed by atoms with Crippen molar-refractivity contribution in [1.29, 1.82) is 0 Å². The number of fused-ring (bicyclic) bond motifs is 1. The summed E-state index contributed by atoms with van der Waals surface area (Å²) >= 11 is 5.39. The minimum atomic E-state index is -0.574. The summed E-state index contributed by atoms with van der Waals surface area (Å²) in [6, 6.07) is 6.43. The maximum absolute atomic E-state index is 9.85. The van der Waals surface area contributed by atoms with Gasteiger partial charge in [0.05, 0.1) is 5.60 Å². The molecule has 1 unspecified atom stereocenters. The molecule has 0 bridgehead atoms. The SMILES string of the molecule is CC(C)(O)CC1CSc2ccc(Br)cc21. The van der Waals surface area contributed by atoms with E-state index in [1.165, 1.54) is 10.5 Å². The molecule has 0 aliphatic carbocycles. The number of hydrogen-bond acceptors (Lipinski definition) is 2. The van der Waals surface area contributed by atoms with Crippen molar-refractivity contribution in [3.8, 4) is 0 Å². The lowest BCUT2D eigenvalue weighted by atomic mass is 9.89. The number of hydrogen-bond donors (Lipinski definition) is 1. The molecule has 0 aromatic heterocycles. The largest absolute Gasteiger partial charge is 0.390 e. The monoisotopic (exact) mass is 286 g/mol. The second kappa shape index (κ2) is 4.11. The molecule has 0 amide bonds. The first-order valence-corrected chi connectivity index (χ1v) is 6.88. The van der Waals surface area contributed by atoms with Crippen LogP contribution in [-0.4, -0.2) is 16.5 Å². The Morgan fingerprint density at radius 2 is 2.27 bits per heavy atom. The summed E-state index contributed by atoms with van der Waals surface area (Å²) in [5, 5.41) is 9.85. The van der Waals surface area contributed by atoms with Gasteiger partial charge in [0.15, 0.2) is 0 Å². The normalized spacial score (nSPS) is 20.4. The molecule has 0 fully saturated rings. The first-order chi connectivity index (χ1) is 6.96. The fourth-order valence-corrected chi connectivity index (χ4v) is 3.64. The van der Waals surface area contributed by atoms with E-state index in [1.54, 1.807) is 0 Å². The summed E-state index contributed by atoms with van der Waals surface area (Å²) < 4.78 is 1.13. The fraction of sp³-hybridized carbons (Fsp3) is 0.500. The third-order valence-electron chi connectivity index (χ3n) is 2.60. The van der Waals surface area contributed by atoms with E-state index >= 15 is 0 Å². The molecule has 0 saturated heterocycles. The predicted octanol–water partition coefficient (Wildman–Crippen LogP) is 3.80. The van der Waals surface area contributed by atoms with Crippen LogP contribution in [0.2, 0.25) is 0 Å². The zero-order valence-corrected chi connectivity index (χ0v) is 11.4. The lowest BCUT2D eigenvalue weighted by Crippen LogP contribution is -2.22. The van der Waals surface area contributed by atoms with Gasteiger partial charge in [0, 0.05) is 15.1 Å². The van der Waals surface area contributed by atoms with E-state index in [-0.39, 0.29) is 0 Å². The highest BCUT2D eigenvalue weighted by Crippen LogP contribution is 2.43. The lowest BCUT2D eigenvalue weighted by molar-refractivity contribution is 0.0652. The van der Waals surface area contributed by atoms with Gasteiger partial charge in [0.1, 0.15) is 0 Å². The van der Waals surface area contributed by atoms with Crippen LogP contribution in [0.25, 0.3) is 0 Å². The molecule has 82 valence electrons. The molecule has 1 aliphatic rings. The number of thioether (sulfide) groups is 1. The second-order valence-electron chi connectivity index (χ2n) is 4.71. The number of aliphatic hydroxyl groups is 1. The smallest absolute Gasteiger partial charge is 0.0597 e. The van der Waals surface area contributed by atoms with E-state index in [0.29, 0.717) is 5.92 Å². The van der Waals surface area contributed by atoms with Gasteiger partial charge in [-0.3, -0.25) is 0 Å². The molecule has 1 aliphatic heterocycles. The minimum absolute atomic E-state index is 0.488. The van der Waals surface area contributed by atoms with Gasteiger partial charge in [0.25, 0.3) is 0 Å². The molecular formula is C12H15BrOS. The Morgan fingerprint density at radius 1 is 1.53 bits per heavy atom. The van der Waals surface area contributed by atoms with Crippen molar-refractivity contribution in [3.63, 3.8) is 0 Å². The zero-order valence-electron chi connectivity index (χ0n) is 8.96. The summed E-state index contributed by atoms with van der Waals surface area (Å²) in [4.78, 5) is 1.37. The molecule has 15 heavy (non-hydrogen) atoms. The topological polar surface area (TPSA) is 20.2 Å². The van der Waals surface area contributed by atoms with E-state index in [4.69, 9.17) is 0 Å². The Morgan fingerprint density at radius 3 is 2.93 bits per heavy atom. The first-order valence-electron chi connectivity index (χ1n) is 5.10. The van der Waals surface area contributed by atoms with Crippen LogP contribution in [0.1, 0.15) is 31.7 Å². The summed E-state index contributed by atoms with van der Waals surface area (Å²) in [6.45, 7) is 3.77. The first kappa shape index (κ1) is 11.5. The van der Waals surface area contributed by atoms with Gasteiger partial charge in [-0.2, -0.15) is 0 Å². The quantitative estimate of drug-likeness (QED) is 0.892. The summed E-state index contributed by atoms with van der Waals surface area (Å²) in [5.41, 5.74) is 0.811. The Hall–Kier alpha value is 0.01000. The predicted molar refractivity (Wildman–Crippen MR) is 68.5 cm³/mol. The van der Waals surface area contributed by atoms with Crippen LogP contribution in [-0.2, 0) is 0 Å². The van der Waals surface area contributed by atoms with Gasteiger partial charge >= 0.3 is 0 Å². The molecule has 1 heterocycles. The maximum atomic E-state index is 9.85. The molecule has 1 atom stereocenters. The van der Waals surface area contributed by atoms with Crippen LogP contribution < -0.4 is 0 Å². The minimum Gasteiger partial charge on any atom is -0.390 e. The second-order valence-corrected chi connectivity index (χ2v) is 6.68. The Kier molecular flexibility index (Phi) is 3.15. The Balaban J connectivity index is 2.24. The van der Waals surface area contributed by atoms with Gasteiger partial charge in [-0.25, -0.2) is 0 Å².